The number of rotatable bonds is 4. The molecule has 2 aromatic carbocycles. The number of hydrogen-bond donors (Lipinski definition) is 2. The SMILES string of the molecule is CC(C)(C)OC(=O)N[C@@H]1CSc2ccccc2N(CC(=O)N[C@@H]2CCCc3ccccc32)C1=O. The van der Waals surface area contributed by atoms with Crippen LogP contribution in [0.15, 0.2) is 53.4 Å². The second-order valence-electron chi connectivity index (χ2n) is 9.61. The predicted octanol–water partition coefficient (Wildman–Crippen LogP) is 4.21. The van der Waals surface area contributed by atoms with Crippen LogP contribution in [0.5, 0.6) is 0 Å². The number of amides is 3. The fourth-order valence-electron chi connectivity index (χ4n) is 4.36. The van der Waals surface area contributed by atoms with Gasteiger partial charge in [-0.1, -0.05) is 36.4 Å². The van der Waals surface area contributed by atoms with Gasteiger partial charge in [-0.05, 0) is 63.3 Å². The molecule has 7 nitrogen and oxygen atoms in total. The molecule has 1 aliphatic carbocycles. The van der Waals surface area contributed by atoms with E-state index >= 15 is 0 Å². The minimum absolute atomic E-state index is 0.0696. The van der Waals surface area contributed by atoms with Gasteiger partial charge >= 0.3 is 6.09 Å². The van der Waals surface area contributed by atoms with Gasteiger partial charge in [0.15, 0.2) is 0 Å². The minimum Gasteiger partial charge on any atom is -0.444 e. The van der Waals surface area contributed by atoms with E-state index in [2.05, 4.69) is 22.8 Å². The number of aryl methyl sites for hydroxylation is 1. The Balaban J connectivity index is 1.51. The summed E-state index contributed by atoms with van der Waals surface area (Å²) >= 11 is 1.47. The highest BCUT2D eigenvalue weighted by molar-refractivity contribution is 7.99. The fourth-order valence-corrected chi connectivity index (χ4v) is 5.43. The average Bonchev–Trinajstić information content (AvgIpc) is 2.90. The molecule has 0 radical (unpaired) electrons. The lowest BCUT2D eigenvalue weighted by Gasteiger charge is -2.29. The molecule has 0 fully saturated rings. The standard InChI is InChI=1S/C26H31N3O4S/c1-26(2,3)33-25(32)28-20-16-34-22-14-7-6-13-21(22)29(24(20)31)15-23(30)27-19-12-8-10-17-9-4-5-11-18(17)19/h4-7,9,11,13-14,19-20H,8,10,12,15-16H2,1-3H3,(H,27,30)(H,28,32)/t19-,20-/m1/s1. The maximum absolute atomic E-state index is 13.5. The van der Waals surface area contributed by atoms with Crippen LogP contribution < -0.4 is 15.5 Å². The zero-order chi connectivity index (χ0) is 24.3. The zero-order valence-electron chi connectivity index (χ0n) is 19.8. The lowest BCUT2D eigenvalue weighted by molar-refractivity contribution is -0.125. The van der Waals surface area contributed by atoms with Gasteiger partial charge in [0.1, 0.15) is 18.2 Å². The van der Waals surface area contributed by atoms with Crippen molar-refractivity contribution in [2.24, 2.45) is 0 Å². The Morgan fingerprint density at radius 2 is 1.79 bits per heavy atom. The molecular formula is C26H31N3O4S. The van der Waals surface area contributed by atoms with Crippen LogP contribution in [0.3, 0.4) is 0 Å². The number of ether oxygens (including phenoxy) is 1. The van der Waals surface area contributed by atoms with Gasteiger partial charge in [-0.3, -0.25) is 9.59 Å². The molecule has 0 saturated carbocycles. The van der Waals surface area contributed by atoms with Gasteiger partial charge in [0.2, 0.25) is 5.91 Å². The molecule has 0 spiro atoms. The largest absolute Gasteiger partial charge is 0.444 e. The van der Waals surface area contributed by atoms with E-state index in [9.17, 15) is 14.4 Å². The summed E-state index contributed by atoms with van der Waals surface area (Å²) in [5, 5.41) is 5.82. The highest BCUT2D eigenvalue weighted by Crippen LogP contribution is 2.34. The minimum atomic E-state index is -0.810. The fraction of sp³-hybridized carbons (Fsp3) is 0.423. The van der Waals surface area contributed by atoms with Crippen molar-refractivity contribution in [2.45, 2.75) is 62.6 Å². The van der Waals surface area contributed by atoms with Crippen LogP contribution in [0, 0.1) is 0 Å². The van der Waals surface area contributed by atoms with E-state index in [4.69, 9.17) is 4.74 Å². The van der Waals surface area contributed by atoms with Gasteiger partial charge in [-0.25, -0.2) is 4.79 Å². The first-order valence-corrected chi connectivity index (χ1v) is 12.6. The van der Waals surface area contributed by atoms with Crippen LogP contribution in [0.1, 0.15) is 50.8 Å². The highest BCUT2D eigenvalue weighted by Gasteiger charge is 2.34. The summed E-state index contributed by atoms with van der Waals surface area (Å²) in [6.45, 7) is 5.19. The molecule has 2 aliphatic rings. The number of fused-ring (bicyclic) bond motifs is 2. The Kier molecular flexibility index (Phi) is 7.16. The summed E-state index contributed by atoms with van der Waals surface area (Å²) in [4.78, 5) is 41.4. The van der Waals surface area contributed by atoms with Crippen molar-refractivity contribution >= 4 is 35.4 Å². The molecule has 34 heavy (non-hydrogen) atoms. The van der Waals surface area contributed by atoms with E-state index in [1.165, 1.54) is 22.2 Å². The van der Waals surface area contributed by atoms with Crippen molar-refractivity contribution in [3.8, 4) is 0 Å². The Morgan fingerprint density at radius 1 is 1.06 bits per heavy atom. The Morgan fingerprint density at radius 3 is 2.59 bits per heavy atom. The van der Waals surface area contributed by atoms with Crippen molar-refractivity contribution in [3.05, 3.63) is 59.7 Å². The first-order valence-electron chi connectivity index (χ1n) is 11.6. The van der Waals surface area contributed by atoms with Crippen LogP contribution in [0.4, 0.5) is 10.5 Å². The van der Waals surface area contributed by atoms with Crippen molar-refractivity contribution in [2.75, 3.05) is 17.2 Å². The molecule has 180 valence electrons. The molecule has 0 bridgehead atoms. The van der Waals surface area contributed by atoms with Gasteiger partial charge < -0.3 is 20.3 Å². The van der Waals surface area contributed by atoms with Crippen molar-refractivity contribution in [3.63, 3.8) is 0 Å². The maximum Gasteiger partial charge on any atom is 0.408 e. The topological polar surface area (TPSA) is 87.7 Å². The van der Waals surface area contributed by atoms with Crippen LogP contribution in [0.25, 0.3) is 0 Å². The van der Waals surface area contributed by atoms with Crippen LogP contribution in [-0.4, -0.2) is 41.8 Å². The van der Waals surface area contributed by atoms with Crippen LogP contribution in [-0.2, 0) is 20.7 Å². The Hall–Kier alpha value is -3.00. The van der Waals surface area contributed by atoms with Gasteiger partial charge in [-0.2, -0.15) is 0 Å². The molecule has 2 aromatic rings. The normalized spacial score (nSPS) is 20.0. The number of benzene rings is 2. The molecule has 3 amide bonds. The van der Waals surface area contributed by atoms with Crippen LogP contribution in [0.2, 0.25) is 0 Å². The highest BCUT2D eigenvalue weighted by atomic mass is 32.2. The molecule has 8 heteroatoms. The van der Waals surface area contributed by atoms with Crippen LogP contribution >= 0.6 is 11.8 Å². The van der Waals surface area contributed by atoms with E-state index in [0.29, 0.717) is 11.4 Å². The zero-order valence-corrected chi connectivity index (χ0v) is 20.6. The second kappa shape index (κ2) is 10.1. The monoisotopic (exact) mass is 481 g/mol. The molecule has 2 N–H and O–H groups in total. The maximum atomic E-state index is 13.5. The van der Waals surface area contributed by atoms with Gasteiger partial charge in [0.25, 0.3) is 5.91 Å². The molecule has 0 aromatic heterocycles. The van der Waals surface area contributed by atoms with E-state index in [1.54, 1.807) is 20.8 Å². The number of hydrogen-bond acceptors (Lipinski definition) is 5. The summed E-state index contributed by atoms with van der Waals surface area (Å²) in [7, 11) is 0. The average molecular weight is 482 g/mol. The smallest absolute Gasteiger partial charge is 0.408 e. The summed E-state index contributed by atoms with van der Waals surface area (Å²) in [5.74, 6) is -0.210. The van der Waals surface area contributed by atoms with E-state index in [-0.39, 0.29) is 24.4 Å². The number of anilines is 1. The van der Waals surface area contributed by atoms with E-state index < -0.39 is 17.7 Å². The predicted molar refractivity (Wildman–Crippen MR) is 133 cm³/mol. The number of nitrogens with one attached hydrogen (secondary N) is 2. The third-order valence-corrected chi connectivity index (χ3v) is 6.98. The lowest BCUT2D eigenvalue weighted by atomic mass is 9.88. The molecule has 0 saturated heterocycles. The van der Waals surface area contributed by atoms with E-state index in [0.717, 1.165) is 29.7 Å². The number of thioether (sulfide) groups is 1. The third kappa shape index (κ3) is 5.73. The molecule has 1 heterocycles. The second-order valence-corrected chi connectivity index (χ2v) is 10.7. The van der Waals surface area contributed by atoms with E-state index in [1.807, 2.05) is 36.4 Å². The molecular weight excluding hydrogens is 450 g/mol. The Labute approximate surface area is 204 Å². The summed E-state index contributed by atoms with van der Waals surface area (Å²) in [6, 6.07) is 14.8. The van der Waals surface area contributed by atoms with Gasteiger partial charge in [0, 0.05) is 10.6 Å². The number of carbonyl (C=O) groups excluding carboxylic acids is 3. The number of carbonyl (C=O) groups is 3. The molecule has 1 aliphatic heterocycles. The summed E-state index contributed by atoms with van der Waals surface area (Å²) in [6.07, 6.45) is 2.23. The lowest BCUT2D eigenvalue weighted by Crippen LogP contribution is -2.52. The number of alkyl carbamates (subject to hydrolysis) is 1. The number of para-hydroxylation sites is 1. The van der Waals surface area contributed by atoms with Gasteiger partial charge in [-0.15, -0.1) is 11.8 Å². The van der Waals surface area contributed by atoms with Crippen molar-refractivity contribution in [1.82, 2.24) is 10.6 Å². The molecule has 2 atom stereocenters. The first kappa shape index (κ1) is 24.1. The van der Waals surface area contributed by atoms with Crippen molar-refractivity contribution < 1.29 is 19.1 Å². The number of nitrogens with zero attached hydrogens (tertiary/aromatic N) is 1. The summed E-state index contributed by atoms with van der Waals surface area (Å²) < 4.78 is 5.35. The van der Waals surface area contributed by atoms with Crippen molar-refractivity contribution in [1.29, 1.82) is 0 Å². The Bertz CT molecular complexity index is 1080. The first-order chi connectivity index (χ1) is 16.2. The molecule has 0 unspecified atom stereocenters. The van der Waals surface area contributed by atoms with Gasteiger partial charge in [0.05, 0.1) is 11.7 Å². The summed E-state index contributed by atoms with van der Waals surface area (Å²) in [5.41, 5.74) is 2.40. The third-order valence-electron chi connectivity index (χ3n) is 5.82. The quantitative estimate of drug-likeness (QED) is 0.683. The molecule has 4 rings (SSSR count).